The summed E-state index contributed by atoms with van der Waals surface area (Å²) in [6.45, 7) is 1.85. The Morgan fingerprint density at radius 2 is 1.71 bits per heavy atom. The molecule has 2 aromatic carbocycles. The lowest BCUT2D eigenvalue weighted by molar-refractivity contribution is -0.136. The van der Waals surface area contributed by atoms with Gasteiger partial charge in [-0.05, 0) is 37.6 Å². The first-order chi connectivity index (χ1) is 13.3. The molecule has 0 unspecified atom stereocenters. The lowest BCUT2D eigenvalue weighted by Gasteiger charge is -2.16. The summed E-state index contributed by atoms with van der Waals surface area (Å²) < 4.78 is 41.4. The maximum Gasteiger partial charge on any atom is 0.339 e. The monoisotopic (exact) mass is 406 g/mol. The third-order valence-corrected chi connectivity index (χ3v) is 5.09. The highest BCUT2D eigenvalue weighted by atomic mass is 32.2. The summed E-state index contributed by atoms with van der Waals surface area (Å²) >= 11 is 0. The van der Waals surface area contributed by atoms with Crippen molar-refractivity contribution >= 4 is 22.2 Å². The molecule has 2 rings (SSSR count). The topological polar surface area (TPSA) is 99.1 Å². The normalized spacial score (nSPS) is 11.4. The Labute approximate surface area is 164 Å². The van der Waals surface area contributed by atoms with Crippen LogP contribution in [0.5, 0.6) is 17.2 Å². The average Bonchev–Trinajstić information content (AvgIpc) is 2.65. The lowest BCUT2D eigenvalue weighted by Crippen LogP contribution is -2.11. The maximum atomic E-state index is 12.7. The molecular weight excluding hydrogens is 384 g/mol. The number of allylic oxidation sites excluding steroid dienone is 1. The first-order valence-electron chi connectivity index (χ1n) is 8.43. The van der Waals surface area contributed by atoms with Gasteiger partial charge in [0.1, 0.15) is 4.90 Å². The molecule has 0 amide bonds. The SMILES string of the molecule is COc1ccc(/C=C/CCC(=O)O)c(OS(=O)(=O)c2ccc(C)cc2)c1OC. The van der Waals surface area contributed by atoms with E-state index in [0.717, 1.165) is 5.56 Å². The fourth-order valence-corrected chi connectivity index (χ4v) is 3.37. The van der Waals surface area contributed by atoms with Crippen LogP contribution in [0.15, 0.2) is 47.4 Å². The first-order valence-corrected chi connectivity index (χ1v) is 9.83. The van der Waals surface area contributed by atoms with Gasteiger partial charge in [0, 0.05) is 12.0 Å². The zero-order valence-corrected chi connectivity index (χ0v) is 16.7. The van der Waals surface area contributed by atoms with E-state index >= 15 is 0 Å². The van der Waals surface area contributed by atoms with Crippen LogP contribution in [0.25, 0.3) is 6.08 Å². The highest BCUT2D eigenvalue weighted by Crippen LogP contribution is 2.42. The van der Waals surface area contributed by atoms with E-state index in [1.54, 1.807) is 36.4 Å². The Hall–Kier alpha value is -3.00. The van der Waals surface area contributed by atoms with E-state index in [4.69, 9.17) is 18.8 Å². The van der Waals surface area contributed by atoms with Gasteiger partial charge in [0.25, 0.3) is 0 Å². The third kappa shape index (κ3) is 5.26. The Balaban J connectivity index is 2.46. The van der Waals surface area contributed by atoms with Crippen LogP contribution in [-0.4, -0.2) is 33.7 Å². The number of carboxylic acids is 1. The molecule has 0 aliphatic rings. The molecular formula is C20H22O7S. The number of aliphatic carboxylic acids is 1. The van der Waals surface area contributed by atoms with Crippen molar-refractivity contribution in [1.29, 1.82) is 0 Å². The maximum absolute atomic E-state index is 12.7. The number of ether oxygens (including phenoxy) is 2. The van der Waals surface area contributed by atoms with Gasteiger partial charge < -0.3 is 18.8 Å². The second-order valence-corrected chi connectivity index (χ2v) is 7.45. The summed E-state index contributed by atoms with van der Waals surface area (Å²) in [5.74, 6) is -0.526. The van der Waals surface area contributed by atoms with Crippen molar-refractivity contribution < 1.29 is 32.0 Å². The number of methoxy groups -OCH3 is 2. The molecule has 0 aromatic heterocycles. The largest absolute Gasteiger partial charge is 0.493 e. The Morgan fingerprint density at radius 1 is 1.04 bits per heavy atom. The summed E-state index contributed by atoms with van der Waals surface area (Å²) in [7, 11) is -1.31. The van der Waals surface area contributed by atoms with Crippen molar-refractivity contribution in [2.24, 2.45) is 0 Å². The number of benzene rings is 2. The molecule has 7 nitrogen and oxygen atoms in total. The van der Waals surface area contributed by atoms with E-state index in [9.17, 15) is 13.2 Å². The van der Waals surface area contributed by atoms with Crippen LogP contribution in [0.1, 0.15) is 24.0 Å². The molecule has 0 heterocycles. The highest BCUT2D eigenvalue weighted by molar-refractivity contribution is 7.87. The minimum Gasteiger partial charge on any atom is -0.493 e. The van der Waals surface area contributed by atoms with Gasteiger partial charge >= 0.3 is 16.1 Å². The van der Waals surface area contributed by atoms with Crippen LogP contribution in [0.3, 0.4) is 0 Å². The molecule has 0 aliphatic heterocycles. The van der Waals surface area contributed by atoms with Gasteiger partial charge in [-0.3, -0.25) is 4.79 Å². The second kappa shape index (κ2) is 9.27. The van der Waals surface area contributed by atoms with Crippen LogP contribution in [0.4, 0.5) is 0 Å². The molecule has 0 fully saturated rings. The molecule has 0 radical (unpaired) electrons. The predicted molar refractivity (Wildman–Crippen MR) is 104 cm³/mol. The number of carbonyl (C=O) groups is 1. The smallest absolute Gasteiger partial charge is 0.339 e. The van der Waals surface area contributed by atoms with Crippen molar-refractivity contribution in [2.45, 2.75) is 24.7 Å². The molecule has 0 spiro atoms. The van der Waals surface area contributed by atoms with E-state index in [1.165, 1.54) is 26.4 Å². The van der Waals surface area contributed by atoms with Crippen molar-refractivity contribution in [3.8, 4) is 17.2 Å². The van der Waals surface area contributed by atoms with Gasteiger partial charge in [-0.25, -0.2) is 0 Å². The summed E-state index contributed by atoms with van der Waals surface area (Å²) in [5.41, 5.74) is 1.33. The van der Waals surface area contributed by atoms with Crippen molar-refractivity contribution in [1.82, 2.24) is 0 Å². The van der Waals surface area contributed by atoms with Gasteiger partial charge in [-0.15, -0.1) is 0 Å². The van der Waals surface area contributed by atoms with Gasteiger partial charge in [-0.1, -0.05) is 29.8 Å². The summed E-state index contributed by atoms with van der Waals surface area (Å²) in [5, 5.41) is 8.74. The van der Waals surface area contributed by atoms with Crippen LogP contribution in [0.2, 0.25) is 0 Å². The average molecular weight is 406 g/mol. The zero-order valence-electron chi connectivity index (χ0n) is 15.8. The molecule has 0 aliphatic carbocycles. The number of hydrogen-bond acceptors (Lipinski definition) is 6. The summed E-state index contributed by atoms with van der Waals surface area (Å²) in [4.78, 5) is 10.7. The van der Waals surface area contributed by atoms with Gasteiger partial charge in [-0.2, -0.15) is 8.42 Å². The van der Waals surface area contributed by atoms with Crippen LogP contribution in [-0.2, 0) is 14.9 Å². The molecule has 0 saturated heterocycles. The van der Waals surface area contributed by atoms with Crippen LogP contribution < -0.4 is 13.7 Å². The number of rotatable bonds is 9. The molecule has 150 valence electrons. The second-order valence-electron chi connectivity index (χ2n) is 5.90. The van der Waals surface area contributed by atoms with E-state index in [-0.39, 0.29) is 29.2 Å². The molecule has 0 saturated carbocycles. The predicted octanol–water partition coefficient (Wildman–Crippen LogP) is 3.66. The Bertz CT molecular complexity index is 961. The fourth-order valence-electron chi connectivity index (χ4n) is 2.41. The van der Waals surface area contributed by atoms with Gasteiger partial charge in [0.05, 0.1) is 14.2 Å². The highest BCUT2D eigenvalue weighted by Gasteiger charge is 2.23. The molecule has 28 heavy (non-hydrogen) atoms. The minimum absolute atomic E-state index is 0.00350. The van der Waals surface area contributed by atoms with Crippen molar-refractivity contribution in [2.75, 3.05) is 14.2 Å². The summed E-state index contributed by atoms with van der Waals surface area (Å²) in [6, 6.07) is 9.48. The molecule has 2 aromatic rings. The van der Waals surface area contributed by atoms with E-state index < -0.39 is 16.1 Å². The van der Waals surface area contributed by atoms with E-state index in [0.29, 0.717) is 11.3 Å². The standard InChI is InChI=1S/C20H22O7S/c1-14-8-11-16(12-9-14)28(23,24)27-19-15(6-4-5-7-18(21)22)10-13-17(25-2)20(19)26-3/h4,6,8-13H,5,7H2,1-3H3,(H,21,22)/b6-4+. The van der Waals surface area contributed by atoms with Crippen molar-refractivity contribution in [3.63, 3.8) is 0 Å². The number of hydrogen-bond donors (Lipinski definition) is 1. The quantitative estimate of drug-likeness (QED) is 0.635. The lowest BCUT2D eigenvalue weighted by atomic mass is 10.1. The number of carboxylic acid groups (broad SMARTS) is 1. The van der Waals surface area contributed by atoms with Crippen molar-refractivity contribution in [3.05, 3.63) is 53.6 Å². The first kappa shape index (κ1) is 21.3. The van der Waals surface area contributed by atoms with E-state index in [1.807, 2.05) is 6.92 Å². The third-order valence-electron chi connectivity index (χ3n) is 3.86. The summed E-state index contributed by atoms with van der Waals surface area (Å²) in [6.07, 6.45) is 3.46. The Kier molecular flexibility index (Phi) is 7.06. The molecule has 8 heteroatoms. The molecule has 0 atom stereocenters. The molecule has 0 bridgehead atoms. The fraction of sp³-hybridized carbons (Fsp3) is 0.250. The zero-order chi connectivity index (χ0) is 20.7. The van der Waals surface area contributed by atoms with Crippen LogP contribution >= 0.6 is 0 Å². The molecule has 1 N–H and O–H groups in total. The number of aryl methyl sites for hydroxylation is 1. The minimum atomic E-state index is -4.12. The van der Waals surface area contributed by atoms with E-state index in [2.05, 4.69) is 0 Å². The van der Waals surface area contributed by atoms with Gasteiger partial charge in [0.15, 0.2) is 11.5 Å². The van der Waals surface area contributed by atoms with Crippen LogP contribution in [0, 0.1) is 6.92 Å². The van der Waals surface area contributed by atoms with Gasteiger partial charge in [0.2, 0.25) is 5.75 Å². The Morgan fingerprint density at radius 3 is 2.29 bits per heavy atom.